The van der Waals surface area contributed by atoms with Gasteiger partial charge in [0.15, 0.2) is 21.8 Å². The van der Waals surface area contributed by atoms with Crippen LogP contribution in [0.25, 0.3) is 0 Å². The van der Waals surface area contributed by atoms with Gasteiger partial charge in [0.05, 0.1) is 89.7 Å². The molecule has 6 aliphatic rings. The fourth-order valence-corrected chi connectivity index (χ4v) is 15.7. The van der Waals surface area contributed by atoms with Crippen molar-refractivity contribution < 1.29 is 92.5 Å². The van der Waals surface area contributed by atoms with E-state index in [0.717, 1.165) is 21.5 Å². The first-order chi connectivity index (χ1) is 37.2. The Kier molecular flexibility index (Phi) is 16.9. The number of carboxylic acid groups (broad SMARTS) is 2. The number of benzene rings is 1. The molecule has 410 valence electrons. The monoisotopic (exact) mass is 1170 g/mol. The predicted molar refractivity (Wildman–Crippen MR) is 284 cm³/mol. The molecule has 8 atom stereocenters. The number of carboxylic acids is 2. The number of non-ortho nitro benzene ring substituents is 1. The summed E-state index contributed by atoms with van der Waals surface area (Å²) in [6, 6.07) is 11.6. The molecule has 4 amide bonds. The standard InChI is InChI=1S/C29H29N5O8S2.C22H24N4O6S2.Na/c1-15(35)21-23-29(2,10-16-5-7-18(8-6-16)34(40)41)24(22(27(38)39)33(23)26(21)37)44-19-12-32(13-19)28-31-17(14-43-28)11-30-25(36)20-4-3-9-42-20;1-10-16-15(11(2)27)20(29)26(16)17(21(30)31)18(10)34-13-7-25(8-13)22-24-12(9-33-22)6-23-19(28)14-4-3-5-32-14;/h3-9,14-15,19,21,23,35H,10-13H2,1-2H3,(H,30,36)(H,38,39);3-5,9-11,13,15-16,27H,6-8H2,1-2H3,(H,23,28)(H,30,31);/q;;+1/p-1/t15-,21-,23+,29-;10-,11-,15-,16-;/m11./s1. The van der Waals surface area contributed by atoms with Crippen molar-refractivity contribution in [2.75, 3.05) is 36.0 Å². The predicted octanol–water partition coefficient (Wildman–Crippen LogP) is 0.674. The van der Waals surface area contributed by atoms with E-state index in [4.69, 9.17) is 8.83 Å². The molecule has 0 spiro atoms. The van der Waals surface area contributed by atoms with E-state index >= 15 is 0 Å². The van der Waals surface area contributed by atoms with Crippen molar-refractivity contribution in [2.45, 2.75) is 82.0 Å². The van der Waals surface area contributed by atoms with Gasteiger partial charge in [0.25, 0.3) is 17.5 Å². The number of thioether (sulfide) groups is 2. The van der Waals surface area contributed by atoms with Crippen molar-refractivity contribution >= 4 is 97.7 Å². The number of thiazole rings is 2. The van der Waals surface area contributed by atoms with Crippen LogP contribution in [-0.2, 0) is 38.7 Å². The maximum atomic E-state index is 13.1. The number of nitrogens with zero attached hydrogens (tertiary/aromatic N) is 7. The smallest absolute Gasteiger partial charge is 0.543 e. The van der Waals surface area contributed by atoms with Gasteiger partial charge in [0, 0.05) is 80.7 Å². The van der Waals surface area contributed by atoms with Crippen molar-refractivity contribution in [1.82, 2.24) is 30.4 Å². The summed E-state index contributed by atoms with van der Waals surface area (Å²) in [5, 5.41) is 64.9. The number of nitro benzene ring substituents is 1. The Morgan fingerprint density at radius 1 is 0.810 bits per heavy atom. The molecule has 5 N–H and O–H groups in total. The second-order valence-corrected chi connectivity index (χ2v) is 24.4. The van der Waals surface area contributed by atoms with Gasteiger partial charge in [-0.2, -0.15) is 0 Å². The number of β-lactam (4-membered cyclic amide) rings is 2. The number of aliphatic hydroxyl groups excluding tert-OH is 2. The van der Waals surface area contributed by atoms with Gasteiger partial charge in [-0.05, 0) is 50.1 Å². The summed E-state index contributed by atoms with van der Waals surface area (Å²) < 4.78 is 10.2. The molecular formula is C51H52N9NaO14S4. The second kappa shape index (κ2) is 23.2. The fourth-order valence-electron chi connectivity index (χ4n) is 10.9. The third kappa shape index (κ3) is 11.0. The Bertz CT molecular complexity index is 3230. The maximum absolute atomic E-state index is 13.1. The molecule has 10 heterocycles. The molecule has 23 nitrogen and oxygen atoms in total. The first-order valence-corrected chi connectivity index (χ1v) is 28.3. The van der Waals surface area contributed by atoms with Crippen LogP contribution in [0, 0.1) is 33.3 Å². The average Bonchev–Trinajstić information content (AvgIpc) is 3.58. The molecule has 28 heteroatoms. The van der Waals surface area contributed by atoms with Crippen LogP contribution in [0.2, 0.25) is 0 Å². The van der Waals surface area contributed by atoms with Crippen molar-refractivity contribution in [2.24, 2.45) is 23.2 Å². The summed E-state index contributed by atoms with van der Waals surface area (Å²) in [4.78, 5) is 102. The number of hydrogen-bond donors (Lipinski definition) is 5. The van der Waals surface area contributed by atoms with E-state index < -0.39 is 58.3 Å². The van der Waals surface area contributed by atoms with Crippen LogP contribution in [-0.4, -0.2) is 137 Å². The van der Waals surface area contributed by atoms with Crippen LogP contribution in [0.3, 0.4) is 0 Å². The van der Waals surface area contributed by atoms with Crippen LogP contribution in [0.5, 0.6) is 0 Å². The third-order valence-electron chi connectivity index (χ3n) is 14.8. The van der Waals surface area contributed by atoms with Crippen LogP contribution in [0.1, 0.15) is 65.8 Å². The van der Waals surface area contributed by atoms with Gasteiger partial charge in [-0.25, -0.2) is 14.8 Å². The molecule has 0 bridgehead atoms. The number of aliphatic carboxylic acids is 2. The molecule has 0 unspecified atom stereocenters. The van der Waals surface area contributed by atoms with E-state index in [2.05, 4.69) is 30.4 Å². The van der Waals surface area contributed by atoms with E-state index in [1.807, 2.05) is 24.6 Å². The van der Waals surface area contributed by atoms with Gasteiger partial charge >= 0.3 is 35.5 Å². The van der Waals surface area contributed by atoms with E-state index in [1.165, 1.54) is 87.6 Å². The summed E-state index contributed by atoms with van der Waals surface area (Å²) >= 11 is 5.83. The molecule has 0 radical (unpaired) electrons. The topological polar surface area (TPSA) is 318 Å². The number of carbonyl (C=O) groups is 6. The molecule has 11 rings (SSSR count). The van der Waals surface area contributed by atoms with Crippen LogP contribution >= 0.6 is 46.2 Å². The number of aliphatic hydroxyl groups is 2. The summed E-state index contributed by atoms with van der Waals surface area (Å²) in [5.41, 5.74) is 1.13. The zero-order chi connectivity index (χ0) is 55.5. The van der Waals surface area contributed by atoms with E-state index in [-0.39, 0.29) is 105 Å². The Labute approximate surface area is 489 Å². The SMILES string of the molecule is C[C@@H](O)[C@H]1C(=O)N2C(C(=O)O)=C(SC3CN(c4nc(CNC(=O)c5ccco5)cs4)C3)[C@H](C)[C@H]12.C[C@@H](O)[C@H]1C(=O)N2C(C(=O)[O-])=C(SC3CN(c4nc(CNC(=O)c5ccco5)cs4)C3)[C@](C)(Cc3ccc([N+](=O)[O-])cc3)[C@H]12.[Na+]. The summed E-state index contributed by atoms with van der Waals surface area (Å²) in [5.74, 6) is -4.98. The number of furan rings is 2. The number of hydrogen-bond acceptors (Lipinski definition) is 21. The molecule has 4 saturated heterocycles. The summed E-state index contributed by atoms with van der Waals surface area (Å²) in [6.45, 7) is 10.0. The Morgan fingerprint density at radius 3 is 1.77 bits per heavy atom. The average molecular weight is 1170 g/mol. The number of nitrogens with one attached hydrogen (secondary N) is 2. The minimum atomic E-state index is -1.46. The third-order valence-corrected chi connectivity index (χ3v) is 19.6. The Morgan fingerprint density at radius 2 is 1.32 bits per heavy atom. The van der Waals surface area contributed by atoms with Crippen LogP contribution < -0.4 is 55.1 Å². The normalized spacial score (nSPS) is 24.0. The molecule has 4 aromatic heterocycles. The largest absolute Gasteiger partial charge is 1.00 e. The molecule has 79 heavy (non-hydrogen) atoms. The van der Waals surface area contributed by atoms with Crippen LogP contribution in [0.4, 0.5) is 16.0 Å². The minimum Gasteiger partial charge on any atom is -0.543 e. The van der Waals surface area contributed by atoms with E-state index in [9.17, 15) is 59.3 Å². The molecule has 6 aliphatic heterocycles. The number of anilines is 2. The van der Waals surface area contributed by atoms with Gasteiger partial charge in [0.2, 0.25) is 11.8 Å². The van der Waals surface area contributed by atoms with E-state index in [0.29, 0.717) is 54.6 Å². The first-order valence-electron chi connectivity index (χ1n) is 24.8. The summed E-state index contributed by atoms with van der Waals surface area (Å²) in [7, 11) is 0. The first kappa shape index (κ1) is 57.6. The quantitative estimate of drug-likeness (QED) is 0.0328. The number of fused-ring (bicyclic) bond motifs is 2. The Hall–Kier alpha value is -6.04. The minimum absolute atomic E-state index is 0. The van der Waals surface area contributed by atoms with Gasteiger partial charge in [-0.15, -0.1) is 46.2 Å². The number of rotatable bonds is 19. The number of nitro groups is 1. The molecule has 0 saturated carbocycles. The van der Waals surface area contributed by atoms with Crippen molar-refractivity contribution in [3.8, 4) is 0 Å². The van der Waals surface area contributed by atoms with Crippen molar-refractivity contribution in [3.05, 3.63) is 132 Å². The number of amides is 4. The van der Waals surface area contributed by atoms with E-state index in [1.54, 1.807) is 43.3 Å². The van der Waals surface area contributed by atoms with Crippen molar-refractivity contribution in [3.63, 3.8) is 0 Å². The molecule has 5 aromatic rings. The van der Waals surface area contributed by atoms with Crippen LogP contribution in [0.15, 0.2) is 102 Å². The van der Waals surface area contributed by atoms with Gasteiger partial charge in [-0.3, -0.25) is 29.3 Å². The maximum Gasteiger partial charge on any atom is 1.00 e. The van der Waals surface area contributed by atoms with Gasteiger partial charge < -0.3 is 64.3 Å². The zero-order valence-electron chi connectivity index (χ0n) is 43.2. The number of carbonyl (C=O) groups excluding carboxylic acids is 5. The Balaban J connectivity index is 0.000000195. The second-order valence-electron chi connectivity index (χ2n) is 20.0. The fraction of sp³-hybridized carbons (Fsp3) is 0.412. The van der Waals surface area contributed by atoms with Gasteiger partial charge in [0.1, 0.15) is 5.70 Å². The molecular weight excluding hydrogens is 1110 g/mol. The molecule has 1 aromatic carbocycles. The number of aromatic nitrogens is 2. The zero-order valence-corrected chi connectivity index (χ0v) is 48.4. The molecule has 4 fully saturated rings. The van der Waals surface area contributed by atoms with Gasteiger partial charge in [-0.1, -0.05) is 26.0 Å². The molecule has 0 aliphatic carbocycles. The van der Waals surface area contributed by atoms with Crippen molar-refractivity contribution in [1.29, 1.82) is 0 Å². The summed E-state index contributed by atoms with van der Waals surface area (Å²) in [6.07, 6.45) is 1.38.